The van der Waals surface area contributed by atoms with E-state index in [1.165, 1.54) is 23.1 Å². The summed E-state index contributed by atoms with van der Waals surface area (Å²) in [5.74, 6) is -0.580. The van der Waals surface area contributed by atoms with Crippen LogP contribution in [0.2, 0.25) is 5.02 Å². The van der Waals surface area contributed by atoms with Gasteiger partial charge in [0.1, 0.15) is 0 Å². The number of halogens is 1. The minimum atomic E-state index is -0.358. The number of benzene rings is 1. The third kappa shape index (κ3) is 7.98. The number of esters is 1. The molecule has 0 atom stereocenters. The van der Waals surface area contributed by atoms with Crippen LogP contribution in [0.4, 0.5) is 10.8 Å². The molecule has 2 N–H and O–H groups in total. The van der Waals surface area contributed by atoms with Gasteiger partial charge < -0.3 is 15.4 Å². The van der Waals surface area contributed by atoms with Gasteiger partial charge in [-0.25, -0.2) is 4.98 Å². The van der Waals surface area contributed by atoms with Crippen LogP contribution < -0.4 is 10.6 Å². The van der Waals surface area contributed by atoms with E-state index in [0.29, 0.717) is 28.1 Å². The smallest absolute Gasteiger partial charge is 0.311 e. The van der Waals surface area contributed by atoms with E-state index in [4.69, 9.17) is 16.3 Å². The molecule has 2 amide bonds. The first-order chi connectivity index (χ1) is 13.0. The Hall–Kier alpha value is -2.10. The van der Waals surface area contributed by atoms with Gasteiger partial charge >= 0.3 is 5.97 Å². The van der Waals surface area contributed by atoms with Gasteiger partial charge in [0.05, 0.1) is 30.2 Å². The van der Waals surface area contributed by atoms with Crippen molar-refractivity contribution in [2.75, 3.05) is 28.7 Å². The lowest BCUT2D eigenvalue weighted by Gasteiger charge is -2.05. The van der Waals surface area contributed by atoms with Gasteiger partial charge in [-0.15, -0.1) is 23.1 Å². The maximum Gasteiger partial charge on any atom is 0.311 e. The molecule has 1 aromatic carbocycles. The number of hydrogen-bond donors (Lipinski definition) is 2. The molecule has 0 bridgehead atoms. The van der Waals surface area contributed by atoms with Crippen molar-refractivity contribution in [3.05, 3.63) is 40.4 Å². The summed E-state index contributed by atoms with van der Waals surface area (Å²) in [5, 5.41) is 8.06. The SMILES string of the molecule is CCOC(=O)Cc1csc(NC(=O)CSCC(=O)Nc2ccc(Cl)cc2)n1. The maximum absolute atomic E-state index is 11.9. The minimum Gasteiger partial charge on any atom is -0.466 e. The third-order valence-corrected chi connectivity index (χ3v) is 5.01. The second kappa shape index (κ2) is 10.9. The van der Waals surface area contributed by atoms with Crippen molar-refractivity contribution in [3.8, 4) is 0 Å². The lowest BCUT2D eigenvalue weighted by molar-refractivity contribution is -0.142. The quantitative estimate of drug-likeness (QED) is 0.596. The Bertz CT molecular complexity index is 796. The first kappa shape index (κ1) is 21.2. The molecule has 0 fully saturated rings. The van der Waals surface area contributed by atoms with Crippen LogP contribution in [-0.4, -0.2) is 40.9 Å². The molecule has 0 aliphatic heterocycles. The van der Waals surface area contributed by atoms with Gasteiger partial charge in [0.25, 0.3) is 0 Å². The number of thiazole rings is 1. The molecule has 144 valence electrons. The van der Waals surface area contributed by atoms with Crippen molar-refractivity contribution >= 4 is 63.3 Å². The number of nitrogens with one attached hydrogen (secondary N) is 2. The van der Waals surface area contributed by atoms with Gasteiger partial charge in [0.2, 0.25) is 11.8 Å². The highest BCUT2D eigenvalue weighted by molar-refractivity contribution is 8.00. The third-order valence-electron chi connectivity index (χ3n) is 3.02. The Kier molecular flexibility index (Phi) is 8.56. The van der Waals surface area contributed by atoms with E-state index in [-0.39, 0.29) is 35.7 Å². The summed E-state index contributed by atoms with van der Waals surface area (Å²) in [6, 6.07) is 6.77. The second-order valence-electron chi connectivity index (χ2n) is 5.22. The second-order valence-corrected chi connectivity index (χ2v) is 7.50. The van der Waals surface area contributed by atoms with Gasteiger partial charge in [-0.05, 0) is 31.2 Å². The molecule has 0 aliphatic rings. The zero-order valence-electron chi connectivity index (χ0n) is 14.5. The van der Waals surface area contributed by atoms with Gasteiger partial charge in [0, 0.05) is 16.1 Å². The number of nitrogens with zero attached hydrogens (tertiary/aromatic N) is 1. The van der Waals surface area contributed by atoms with E-state index >= 15 is 0 Å². The van der Waals surface area contributed by atoms with E-state index in [0.717, 1.165) is 0 Å². The first-order valence-corrected chi connectivity index (χ1v) is 10.4. The van der Waals surface area contributed by atoms with Crippen molar-refractivity contribution in [2.45, 2.75) is 13.3 Å². The zero-order valence-corrected chi connectivity index (χ0v) is 16.9. The van der Waals surface area contributed by atoms with E-state index in [1.807, 2.05) is 0 Å². The Morgan fingerprint density at radius 2 is 1.81 bits per heavy atom. The monoisotopic (exact) mass is 427 g/mol. The first-order valence-electron chi connectivity index (χ1n) is 7.99. The number of ether oxygens (including phenoxy) is 1. The molecule has 0 radical (unpaired) electrons. The molecule has 1 aromatic heterocycles. The molecule has 7 nitrogen and oxygen atoms in total. The summed E-state index contributed by atoms with van der Waals surface area (Å²) in [5.41, 5.74) is 1.19. The molecule has 2 aromatic rings. The topological polar surface area (TPSA) is 97.4 Å². The highest BCUT2D eigenvalue weighted by Crippen LogP contribution is 2.17. The van der Waals surface area contributed by atoms with Crippen LogP contribution in [0.1, 0.15) is 12.6 Å². The summed E-state index contributed by atoms with van der Waals surface area (Å²) in [7, 11) is 0. The van der Waals surface area contributed by atoms with Crippen LogP contribution in [0.5, 0.6) is 0 Å². The standard InChI is InChI=1S/C17H18ClN3O4S2/c1-2-25-16(24)7-13-8-27-17(20-13)21-15(23)10-26-9-14(22)19-12-5-3-11(18)4-6-12/h3-6,8H,2,7,9-10H2,1H3,(H,19,22)(H,20,21,23). The molecule has 10 heteroatoms. The van der Waals surface area contributed by atoms with Crippen LogP contribution >= 0.6 is 34.7 Å². The normalized spacial score (nSPS) is 10.3. The fraction of sp³-hybridized carbons (Fsp3) is 0.294. The largest absolute Gasteiger partial charge is 0.466 e. The fourth-order valence-electron chi connectivity index (χ4n) is 1.93. The van der Waals surface area contributed by atoms with Crippen molar-refractivity contribution in [3.63, 3.8) is 0 Å². The molecule has 1 heterocycles. The highest BCUT2D eigenvalue weighted by atomic mass is 35.5. The predicted octanol–water partition coefficient (Wildman–Crippen LogP) is 3.21. The Morgan fingerprint density at radius 3 is 2.48 bits per heavy atom. The Balaban J connectivity index is 1.68. The van der Waals surface area contributed by atoms with Crippen LogP contribution in [0.25, 0.3) is 0 Å². The van der Waals surface area contributed by atoms with E-state index < -0.39 is 0 Å². The van der Waals surface area contributed by atoms with Crippen LogP contribution in [0.15, 0.2) is 29.6 Å². The molecule has 0 unspecified atom stereocenters. The van der Waals surface area contributed by atoms with Crippen LogP contribution in [0, 0.1) is 0 Å². The number of hydrogen-bond acceptors (Lipinski definition) is 7. The number of carbonyl (C=O) groups is 3. The summed E-state index contributed by atoms with van der Waals surface area (Å²) in [4.78, 5) is 39.3. The lowest BCUT2D eigenvalue weighted by atomic mass is 10.3. The number of anilines is 2. The minimum absolute atomic E-state index is 0.0693. The zero-order chi connectivity index (χ0) is 19.6. The Labute approximate surface area is 169 Å². The molecule has 0 saturated heterocycles. The number of rotatable bonds is 9. The molecular formula is C17H18ClN3O4S2. The highest BCUT2D eigenvalue weighted by Gasteiger charge is 2.11. The average Bonchev–Trinajstić information content (AvgIpc) is 3.03. The van der Waals surface area contributed by atoms with Gasteiger partial charge in [-0.3, -0.25) is 14.4 Å². The molecule has 2 rings (SSSR count). The predicted molar refractivity (Wildman–Crippen MR) is 108 cm³/mol. The summed E-state index contributed by atoms with van der Waals surface area (Å²) in [6.45, 7) is 2.05. The van der Waals surface area contributed by atoms with Gasteiger partial charge in [0.15, 0.2) is 5.13 Å². The number of thioether (sulfide) groups is 1. The maximum atomic E-state index is 11.9. The van der Waals surface area contributed by atoms with Gasteiger partial charge in [-0.2, -0.15) is 0 Å². The van der Waals surface area contributed by atoms with Crippen molar-refractivity contribution < 1.29 is 19.1 Å². The average molecular weight is 428 g/mol. The van der Waals surface area contributed by atoms with Crippen molar-refractivity contribution in [1.82, 2.24) is 4.98 Å². The Morgan fingerprint density at radius 1 is 1.15 bits per heavy atom. The van der Waals surface area contributed by atoms with Crippen molar-refractivity contribution in [1.29, 1.82) is 0 Å². The molecule has 0 saturated carbocycles. The summed E-state index contributed by atoms with van der Waals surface area (Å²) < 4.78 is 4.85. The lowest BCUT2D eigenvalue weighted by Crippen LogP contribution is -2.18. The van der Waals surface area contributed by atoms with E-state index in [2.05, 4.69) is 15.6 Å². The van der Waals surface area contributed by atoms with Crippen molar-refractivity contribution in [2.24, 2.45) is 0 Å². The summed E-state index contributed by atoms with van der Waals surface area (Å²) in [6.07, 6.45) is 0.0693. The number of carbonyl (C=O) groups excluding carboxylic acids is 3. The number of amides is 2. The molecule has 0 aliphatic carbocycles. The fourth-order valence-corrected chi connectivity index (χ4v) is 3.40. The summed E-state index contributed by atoms with van der Waals surface area (Å²) >= 11 is 8.20. The molecular weight excluding hydrogens is 410 g/mol. The van der Waals surface area contributed by atoms with Crippen LogP contribution in [-0.2, 0) is 25.5 Å². The van der Waals surface area contributed by atoms with E-state index in [9.17, 15) is 14.4 Å². The molecule has 0 spiro atoms. The molecule has 27 heavy (non-hydrogen) atoms. The van der Waals surface area contributed by atoms with E-state index in [1.54, 1.807) is 36.6 Å². The number of aromatic nitrogens is 1. The van der Waals surface area contributed by atoms with Gasteiger partial charge in [-0.1, -0.05) is 11.6 Å². The van der Waals surface area contributed by atoms with Crippen LogP contribution in [0.3, 0.4) is 0 Å².